The molecule has 28 heavy (non-hydrogen) atoms. The van der Waals surface area contributed by atoms with E-state index in [0.717, 1.165) is 15.6 Å². The first-order valence-corrected chi connectivity index (χ1v) is 10.6. The molecule has 1 amide bonds. The zero-order chi connectivity index (χ0) is 19.9. The Morgan fingerprint density at radius 1 is 1.07 bits per heavy atom. The van der Waals surface area contributed by atoms with Crippen molar-refractivity contribution in [1.29, 1.82) is 0 Å². The van der Waals surface area contributed by atoms with E-state index in [0.29, 0.717) is 22.8 Å². The highest BCUT2D eigenvalue weighted by atomic mass is 32.2. The van der Waals surface area contributed by atoms with Crippen molar-refractivity contribution < 1.29 is 9.59 Å². The predicted octanol–water partition coefficient (Wildman–Crippen LogP) is 4.91. The minimum absolute atomic E-state index is 0.00163. The Morgan fingerprint density at radius 2 is 1.86 bits per heavy atom. The zero-order valence-electron chi connectivity index (χ0n) is 15.6. The number of ketones is 1. The summed E-state index contributed by atoms with van der Waals surface area (Å²) in [5, 5.41) is 14.9. The van der Waals surface area contributed by atoms with Gasteiger partial charge in [-0.3, -0.25) is 9.59 Å². The molecule has 0 atom stereocenters. The maximum absolute atomic E-state index is 12.4. The van der Waals surface area contributed by atoms with Gasteiger partial charge in [-0.25, -0.2) is 0 Å². The van der Waals surface area contributed by atoms with Gasteiger partial charge in [0.2, 0.25) is 11.0 Å². The molecule has 0 saturated carbocycles. The van der Waals surface area contributed by atoms with Gasteiger partial charge in [-0.1, -0.05) is 42.2 Å². The van der Waals surface area contributed by atoms with Gasteiger partial charge in [-0.2, -0.15) is 0 Å². The van der Waals surface area contributed by atoms with E-state index < -0.39 is 0 Å². The number of hydrogen-bond acceptors (Lipinski definition) is 7. The van der Waals surface area contributed by atoms with Gasteiger partial charge in [0.15, 0.2) is 10.1 Å². The SMILES string of the molecule is CCC(=O)Nc1ccc(C(=O)CSc2nnc(Nc3cccc(C)c3)s2)cc1. The Hall–Kier alpha value is -2.71. The molecule has 144 valence electrons. The summed E-state index contributed by atoms with van der Waals surface area (Å²) in [6, 6.07) is 14.9. The van der Waals surface area contributed by atoms with Gasteiger partial charge in [0.25, 0.3) is 0 Å². The second-order valence-electron chi connectivity index (χ2n) is 6.06. The Labute approximate surface area is 171 Å². The summed E-state index contributed by atoms with van der Waals surface area (Å²) in [6.45, 7) is 3.82. The van der Waals surface area contributed by atoms with E-state index in [-0.39, 0.29) is 17.4 Å². The third-order valence-corrected chi connectivity index (χ3v) is 5.79. The molecular formula is C20H20N4O2S2. The quantitative estimate of drug-likeness (QED) is 0.404. The molecule has 0 fully saturated rings. The molecule has 0 unspecified atom stereocenters. The van der Waals surface area contributed by atoms with E-state index in [2.05, 4.69) is 20.8 Å². The van der Waals surface area contributed by atoms with Crippen LogP contribution in [0.25, 0.3) is 0 Å². The molecule has 3 rings (SSSR count). The molecule has 0 spiro atoms. The van der Waals surface area contributed by atoms with Crippen molar-refractivity contribution in [3.05, 3.63) is 59.7 Å². The largest absolute Gasteiger partial charge is 0.330 e. The number of amides is 1. The highest BCUT2D eigenvalue weighted by Crippen LogP contribution is 2.28. The molecular weight excluding hydrogens is 392 g/mol. The van der Waals surface area contributed by atoms with Crippen molar-refractivity contribution in [3.8, 4) is 0 Å². The molecule has 3 aromatic rings. The maximum Gasteiger partial charge on any atom is 0.224 e. The highest BCUT2D eigenvalue weighted by Gasteiger charge is 2.11. The van der Waals surface area contributed by atoms with Crippen molar-refractivity contribution in [2.45, 2.75) is 24.6 Å². The van der Waals surface area contributed by atoms with Gasteiger partial charge in [0.1, 0.15) is 0 Å². The fourth-order valence-electron chi connectivity index (χ4n) is 2.36. The van der Waals surface area contributed by atoms with Crippen LogP contribution in [0.4, 0.5) is 16.5 Å². The van der Waals surface area contributed by atoms with Gasteiger partial charge < -0.3 is 10.6 Å². The fraction of sp³-hybridized carbons (Fsp3) is 0.200. The van der Waals surface area contributed by atoms with Gasteiger partial charge in [0, 0.05) is 23.4 Å². The van der Waals surface area contributed by atoms with Crippen molar-refractivity contribution in [2.75, 3.05) is 16.4 Å². The van der Waals surface area contributed by atoms with Gasteiger partial charge in [-0.05, 0) is 48.9 Å². The topological polar surface area (TPSA) is 84.0 Å². The van der Waals surface area contributed by atoms with E-state index >= 15 is 0 Å². The van der Waals surface area contributed by atoms with Crippen molar-refractivity contribution in [2.24, 2.45) is 0 Å². The monoisotopic (exact) mass is 412 g/mol. The number of benzene rings is 2. The minimum atomic E-state index is -0.0546. The van der Waals surface area contributed by atoms with E-state index in [1.807, 2.05) is 31.2 Å². The third kappa shape index (κ3) is 5.64. The van der Waals surface area contributed by atoms with E-state index in [1.165, 1.54) is 23.1 Å². The Kier molecular flexibility index (Phi) is 6.78. The lowest BCUT2D eigenvalue weighted by Gasteiger charge is -2.04. The van der Waals surface area contributed by atoms with Gasteiger partial charge >= 0.3 is 0 Å². The fourth-order valence-corrected chi connectivity index (χ4v) is 4.03. The molecule has 0 bridgehead atoms. The number of aryl methyl sites for hydroxylation is 1. The molecule has 0 radical (unpaired) electrons. The summed E-state index contributed by atoms with van der Waals surface area (Å²) in [6.07, 6.45) is 0.417. The van der Waals surface area contributed by atoms with E-state index in [1.54, 1.807) is 31.2 Å². The highest BCUT2D eigenvalue weighted by molar-refractivity contribution is 8.01. The summed E-state index contributed by atoms with van der Waals surface area (Å²) in [5.74, 6) is 0.225. The normalized spacial score (nSPS) is 10.5. The van der Waals surface area contributed by atoms with E-state index in [9.17, 15) is 9.59 Å². The smallest absolute Gasteiger partial charge is 0.224 e. The van der Waals surface area contributed by atoms with Gasteiger partial charge in [-0.15, -0.1) is 10.2 Å². The Morgan fingerprint density at radius 3 is 2.57 bits per heavy atom. The number of Topliss-reactive ketones (excluding diaryl/α,β-unsaturated/α-hetero) is 1. The Balaban J connectivity index is 1.53. The standard InChI is InChI=1S/C20H20N4O2S2/c1-3-18(26)21-15-9-7-14(8-10-15)17(25)12-27-20-24-23-19(28-20)22-16-6-4-5-13(2)11-16/h4-11H,3,12H2,1-2H3,(H,21,26)(H,22,23). The van der Waals surface area contributed by atoms with Crippen LogP contribution >= 0.6 is 23.1 Å². The predicted molar refractivity (Wildman–Crippen MR) is 115 cm³/mol. The number of hydrogen-bond donors (Lipinski definition) is 2. The molecule has 0 aliphatic carbocycles. The first kappa shape index (κ1) is 20.0. The number of carbonyl (C=O) groups is 2. The summed E-state index contributed by atoms with van der Waals surface area (Å²) in [4.78, 5) is 23.8. The van der Waals surface area contributed by atoms with Crippen LogP contribution in [0.1, 0.15) is 29.3 Å². The van der Waals surface area contributed by atoms with Gasteiger partial charge in [0.05, 0.1) is 5.75 Å². The molecule has 2 N–H and O–H groups in total. The molecule has 2 aromatic carbocycles. The molecule has 0 saturated heterocycles. The summed E-state index contributed by atoms with van der Waals surface area (Å²) >= 11 is 2.77. The molecule has 0 aliphatic heterocycles. The Bertz CT molecular complexity index is 970. The van der Waals surface area contributed by atoms with Crippen LogP contribution < -0.4 is 10.6 Å². The average molecular weight is 413 g/mol. The lowest BCUT2D eigenvalue weighted by molar-refractivity contribution is -0.115. The lowest BCUT2D eigenvalue weighted by Crippen LogP contribution is -2.09. The van der Waals surface area contributed by atoms with Crippen LogP contribution in [0.2, 0.25) is 0 Å². The van der Waals surface area contributed by atoms with Crippen LogP contribution in [0.5, 0.6) is 0 Å². The summed E-state index contributed by atoms with van der Waals surface area (Å²) < 4.78 is 0.732. The molecule has 8 heteroatoms. The van der Waals surface area contributed by atoms with E-state index in [4.69, 9.17) is 0 Å². The molecule has 1 heterocycles. The number of aromatic nitrogens is 2. The van der Waals surface area contributed by atoms with Crippen LogP contribution in [0.15, 0.2) is 52.9 Å². The molecule has 0 aliphatic rings. The van der Waals surface area contributed by atoms with Crippen LogP contribution in [0.3, 0.4) is 0 Å². The second-order valence-corrected chi connectivity index (χ2v) is 8.26. The molecule has 6 nitrogen and oxygen atoms in total. The van der Waals surface area contributed by atoms with Crippen LogP contribution in [0, 0.1) is 6.92 Å². The van der Waals surface area contributed by atoms with Crippen LogP contribution in [-0.4, -0.2) is 27.6 Å². The first-order valence-electron chi connectivity index (χ1n) is 8.76. The van der Waals surface area contributed by atoms with Crippen molar-refractivity contribution >= 4 is 51.3 Å². The number of rotatable bonds is 8. The molecule has 1 aromatic heterocycles. The number of nitrogens with zero attached hydrogens (tertiary/aromatic N) is 2. The third-order valence-electron chi connectivity index (χ3n) is 3.81. The maximum atomic E-state index is 12.4. The van der Waals surface area contributed by atoms with Crippen molar-refractivity contribution in [1.82, 2.24) is 10.2 Å². The summed E-state index contributed by atoms with van der Waals surface area (Å²) in [5.41, 5.74) is 3.41. The average Bonchev–Trinajstić information content (AvgIpc) is 3.14. The number of thioether (sulfide) groups is 1. The lowest BCUT2D eigenvalue weighted by atomic mass is 10.1. The van der Waals surface area contributed by atoms with Crippen LogP contribution in [-0.2, 0) is 4.79 Å². The number of carbonyl (C=O) groups excluding carboxylic acids is 2. The summed E-state index contributed by atoms with van der Waals surface area (Å²) in [7, 11) is 0. The second kappa shape index (κ2) is 9.48. The first-order chi connectivity index (χ1) is 13.5. The number of nitrogens with one attached hydrogen (secondary N) is 2. The van der Waals surface area contributed by atoms with Crippen molar-refractivity contribution in [3.63, 3.8) is 0 Å². The minimum Gasteiger partial charge on any atom is -0.330 e. The zero-order valence-corrected chi connectivity index (χ0v) is 17.2. The number of anilines is 3.